The van der Waals surface area contributed by atoms with Gasteiger partial charge in [0.15, 0.2) is 0 Å². The molecule has 1 atom stereocenters. The van der Waals surface area contributed by atoms with Gasteiger partial charge in [-0.25, -0.2) is 8.42 Å². The third-order valence-electron chi connectivity index (χ3n) is 5.52. The summed E-state index contributed by atoms with van der Waals surface area (Å²) >= 11 is 0. The van der Waals surface area contributed by atoms with E-state index >= 15 is 0 Å². The Balaban J connectivity index is 1.94. The van der Waals surface area contributed by atoms with Crippen molar-refractivity contribution in [3.05, 3.63) is 53.1 Å². The summed E-state index contributed by atoms with van der Waals surface area (Å²) < 4.78 is 33.4. The van der Waals surface area contributed by atoms with E-state index in [4.69, 9.17) is 4.74 Å². The molecule has 1 N–H and O–H groups in total. The third-order valence-corrected chi connectivity index (χ3v) is 7.55. The van der Waals surface area contributed by atoms with Gasteiger partial charge in [0.2, 0.25) is 10.0 Å². The second kappa shape index (κ2) is 8.55. The van der Waals surface area contributed by atoms with E-state index in [1.807, 2.05) is 39.0 Å². The smallest absolute Gasteiger partial charge is 0.255 e. The van der Waals surface area contributed by atoms with E-state index in [0.29, 0.717) is 12.2 Å². The Hall–Kier alpha value is -2.38. The Kier molecular flexibility index (Phi) is 6.29. The van der Waals surface area contributed by atoms with Gasteiger partial charge in [-0.15, -0.1) is 0 Å². The topological polar surface area (TPSA) is 75.7 Å². The van der Waals surface area contributed by atoms with Crippen LogP contribution in [-0.2, 0) is 10.0 Å². The first kappa shape index (κ1) is 21.3. The molecule has 7 heteroatoms. The van der Waals surface area contributed by atoms with Gasteiger partial charge in [-0.3, -0.25) is 4.79 Å². The van der Waals surface area contributed by atoms with Crippen molar-refractivity contribution in [3.8, 4) is 5.75 Å². The van der Waals surface area contributed by atoms with Crippen molar-refractivity contribution in [2.75, 3.05) is 19.0 Å². The Labute approximate surface area is 172 Å². The number of amides is 1. The van der Waals surface area contributed by atoms with Crippen LogP contribution in [0.2, 0.25) is 0 Å². The second-order valence-corrected chi connectivity index (χ2v) is 9.44. The average Bonchev–Trinajstić information content (AvgIpc) is 2.70. The molecule has 1 fully saturated rings. The van der Waals surface area contributed by atoms with E-state index in [1.54, 1.807) is 6.07 Å². The molecule has 1 heterocycles. The minimum absolute atomic E-state index is 0.0292. The Morgan fingerprint density at radius 3 is 2.52 bits per heavy atom. The summed E-state index contributed by atoms with van der Waals surface area (Å²) in [6, 6.07) is 10.1. The molecule has 156 valence electrons. The highest BCUT2D eigenvalue weighted by molar-refractivity contribution is 7.89. The lowest BCUT2D eigenvalue weighted by atomic mass is 10.1. The van der Waals surface area contributed by atoms with Crippen molar-refractivity contribution in [2.24, 2.45) is 0 Å². The lowest BCUT2D eigenvalue weighted by Gasteiger charge is -2.32. The summed E-state index contributed by atoms with van der Waals surface area (Å²) in [7, 11) is -2.33. The van der Waals surface area contributed by atoms with Crippen LogP contribution in [0.4, 0.5) is 5.69 Å². The number of nitrogens with zero attached hydrogens (tertiary/aromatic N) is 1. The van der Waals surface area contributed by atoms with E-state index in [0.717, 1.165) is 30.4 Å². The van der Waals surface area contributed by atoms with Crippen LogP contribution < -0.4 is 10.1 Å². The zero-order chi connectivity index (χ0) is 21.2. The number of methoxy groups -OCH3 is 1. The number of rotatable bonds is 5. The standard InChI is InChI=1S/C22H28N2O4S/c1-15-8-10-19(13-16(15)2)23-22(25)18-9-11-20(28-4)21(14-18)29(26,27)24-12-6-5-7-17(24)3/h8-11,13-14,17H,5-7,12H2,1-4H3,(H,23,25). The maximum atomic E-state index is 13.3. The van der Waals surface area contributed by atoms with Crippen molar-refractivity contribution in [2.45, 2.75) is 51.0 Å². The van der Waals surface area contributed by atoms with Gasteiger partial charge in [0.1, 0.15) is 10.6 Å². The van der Waals surface area contributed by atoms with Gasteiger partial charge in [0.25, 0.3) is 5.91 Å². The first-order valence-electron chi connectivity index (χ1n) is 9.82. The number of piperidine rings is 1. The van der Waals surface area contributed by atoms with E-state index in [2.05, 4.69) is 5.32 Å². The predicted octanol–water partition coefficient (Wildman–Crippen LogP) is 4.13. The second-order valence-electron chi connectivity index (χ2n) is 7.58. The summed E-state index contributed by atoms with van der Waals surface area (Å²) in [5.74, 6) is -0.121. The summed E-state index contributed by atoms with van der Waals surface area (Å²) in [5.41, 5.74) is 3.15. The molecular weight excluding hydrogens is 388 g/mol. The molecule has 0 radical (unpaired) electrons. The molecule has 2 aromatic carbocycles. The fourth-order valence-corrected chi connectivity index (χ4v) is 5.48. The average molecular weight is 417 g/mol. The van der Waals surface area contributed by atoms with Gasteiger partial charge in [-0.1, -0.05) is 12.5 Å². The highest BCUT2D eigenvalue weighted by Crippen LogP contribution is 2.32. The molecule has 1 amide bonds. The zero-order valence-corrected chi connectivity index (χ0v) is 18.2. The summed E-state index contributed by atoms with van der Waals surface area (Å²) in [6.45, 7) is 6.37. The van der Waals surface area contributed by atoms with Gasteiger partial charge in [0, 0.05) is 23.8 Å². The predicted molar refractivity (Wildman–Crippen MR) is 114 cm³/mol. The van der Waals surface area contributed by atoms with Gasteiger partial charge in [-0.2, -0.15) is 4.31 Å². The van der Waals surface area contributed by atoms with E-state index in [9.17, 15) is 13.2 Å². The third kappa shape index (κ3) is 4.46. The molecule has 1 saturated heterocycles. The van der Waals surface area contributed by atoms with E-state index in [1.165, 1.54) is 23.5 Å². The number of sulfonamides is 1. The van der Waals surface area contributed by atoms with Gasteiger partial charge in [0.05, 0.1) is 7.11 Å². The van der Waals surface area contributed by atoms with Crippen molar-refractivity contribution in [3.63, 3.8) is 0 Å². The van der Waals surface area contributed by atoms with Crippen LogP contribution in [0.1, 0.15) is 47.7 Å². The molecule has 29 heavy (non-hydrogen) atoms. The van der Waals surface area contributed by atoms with Crippen LogP contribution in [0.15, 0.2) is 41.3 Å². The van der Waals surface area contributed by atoms with Crippen LogP contribution in [0, 0.1) is 13.8 Å². The van der Waals surface area contributed by atoms with Crippen molar-refractivity contribution < 1.29 is 17.9 Å². The number of nitrogens with one attached hydrogen (secondary N) is 1. The number of anilines is 1. The number of hydrogen-bond acceptors (Lipinski definition) is 4. The largest absolute Gasteiger partial charge is 0.495 e. The van der Waals surface area contributed by atoms with Crippen molar-refractivity contribution in [1.29, 1.82) is 0 Å². The maximum absolute atomic E-state index is 13.3. The number of carbonyl (C=O) groups is 1. The Bertz CT molecular complexity index is 1020. The van der Waals surface area contributed by atoms with E-state index in [-0.39, 0.29) is 28.2 Å². The molecule has 0 bridgehead atoms. The molecule has 0 aliphatic carbocycles. The monoisotopic (exact) mass is 416 g/mol. The molecule has 0 saturated carbocycles. The van der Waals surface area contributed by atoms with Crippen molar-refractivity contribution >= 4 is 21.6 Å². The fourth-order valence-electron chi connectivity index (χ4n) is 3.60. The molecule has 3 rings (SSSR count). The minimum Gasteiger partial charge on any atom is -0.495 e. The minimum atomic E-state index is -3.77. The number of benzene rings is 2. The first-order valence-corrected chi connectivity index (χ1v) is 11.3. The fraction of sp³-hybridized carbons (Fsp3) is 0.409. The van der Waals surface area contributed by atoms with Crippen LogP contribution in [0.3, 0.4) is 0 Å². The number of hydrogen-bond donors (Lipinski definition) is 1. The van der Waals surface area contributed by atoms with Crippen LogP contribution in [-0.4, -0.2) is 38.3 Å². The first-order chi connectivity index (χ1) is 13.7. The number of aryl methyl sites for hydroxylation is 2. The Morgan fingerprint density at radius 2 is 1.86 bits per heavy atom. The molecule has 0 aromatic heterocycles. The molecule has 1 unspecified atom stereocenters. The highest BCUT2D eigenvalue weighted by Gasteiger charge is 2.33. The Morgan fingerprint density at radius 1 is 1.10 bits per heavy atom. The van der Waals surface area contributed by atoms with Crippen molar-refractivity contribution in [1.82, 2.24) is 4.31 Å². The van der Waals surface area contributed by atoms with Crippen LogP contribution >= 0.6 is 0 Å². The maximum Gasteiger partial charge on any atom is 0.255 e. The van der Waals surface area contributed by atoms with E-state index < -0.39 is 10.0 Å². The summed E-state index contributed by atoms with van der Waals surface area (Å²) in [5, 5.41) is 2.84. The number of ether oxygens (including phenoxy) is 1. The summed E-state index contributed by atoms with van der Waals surface area (Å²) in [4.78, 5) is 12.8. The molecule has 1 aliphatic heterocycles. The van der Waals surface area contributed by atoms with Gasteiger partial charge >= 0.3 is 0 Å². The SMILES string of the molecule is COc1ccc(C(=O)Nc2ccc(C)c(C)c2)cc1S(=O)(=O)N1CCCCC1C. The van der Waals surface area contributed by atoms with Gasteiger partial charge < -0.3 is 10.1 Å². The molecule has 1 aliphatic rings. The molecule has 0 spiro atoms. The summed E-state index contributed by atoms with van der Waals surface area (Å²) in [6.07, 6.45) is 2.68. The lowest BCUT2D eigenvalue weighted by Crippen LogP contribution is -2.42. The van der Waals surface area contributed by atoms with Crippen LogP contribution in [0.5, 0.6) is 5.75 Å². The highest BCUT2D eigenvalue weighted by atomic mass is 32.2. The van der Waals surface area contributed by atoms with Crippen LogP contribution in [0.25, 0.3) is 0 Å². The molecular formula is C22H28N2O4S. The normalized spacial score (nSPS) is 17.7. The zero-order valence-electron chi connectivity index (χ0n) is 17.4. The molecule has 2 aromatic rings. The lowest BCUT2D eigenvalue weighted by molar-refractivity contribution is 0.102. The van der Waals surface area contributed by atoms with Gasteiger partial charge in [-0.05, 0) is 75.1 Å². The number of carbonyl (C=O) groups excluding carboxylic acids is 1. The molecule has 6 nitrogen and oxygen atoms in total. The quantitative estimate of drug-likeness (QED) is 0.795.